The summed E-state index contributed by atoms with van der Waals surface area (Å²) in [4.78, 5) is 12.6. The molecular weight excluding hydrogens is 354 g/mol. The van der Waals surface area contributed by atoms with Crippen LogP contribution in [0.5, 0.6) is 5.75 Å². The first kappa shape index (κ1) is 19.1. The normalized spacial score (nSPS) is 21.5. The van der Waals surface area contributed by atoms with E-state index in [4.69, 9.17) is 4.74 Å². The molecule has 0 aromatic heterocycles. The van der Waals surface area contributed by atoms with Crippen LogP contribution in [0.15, 0.2) is 23.1 Å². The first-order chi connectivity index (χ1) is 12.5. The van der Waals surface area contributed by atoms with Gasteiger partial charge in [0.15, 0.2) is 0 Å². The van der Waals surface area contributed by atoms with Gasteiger partial charge in [0.05, 0.1) is 7.11 Å². The van der Waals surface area contributed by atoms with E-state index >= 15 is 0 Å². The van der Waals surface area contributed by atoms with Crippen LogP contribution in [-0.4, -0.2) is 58.5 Å². The number of piperidine rings is 1. The molecule has 144 valence electrons. The smallest absolute Gasteiger partial charge is 0.251 e. The molecule has 0 radical (unpaired) electrons. The van der Waals surface area contributed by atoms with Crippen molar-refractivity contribution in [2.24, 2.45) is 5.92 Å². The molecule has 7 nitrogen and oxygen atoms in total. The lowest BCUT2D eigenvalue weighted by atomic mass is 9.99. The molecular formula is C18H27N3O4S. The van der Waals surface area contributed by atoms with Crippen molar-refractivity contribution >= 4 is 15.9 Å². The number of amides is 1. The summed E-state index contributed by atoms with van der Waals surface area (Å²) in [6, 6.07) is 4.59. The lowest BCUT2D eigenvalue weighted by Crippen LogP contribution is -2.38. The van der Waals surface area contributed by atoms with Crippen molar-refractivity contribution in [1.82, 2.24) is 14.9 Å². The summed E-state index contributed by atoms with van der Waals surface area (Å²) < 4.78 is 32.5. The summed E-state index contributed by atoms with van der Waals surface area (Å²) in [6.45, 7) is 3.54. The van der Waals surface area contributed by atoms with Gasteiger partial charge >= 0.3 is 0 Å². The zero-order chi connectivity index (χ0) is 18.6. The quantitative estimate of drug-likeness (QED) is 0.773. The molecule has 2 saturated heterocycles. The highest BCUT2D eigenvalue weighted by molar-refractivity contribution is 7.89. The number of nitrogens with zero attached hydrogens (tertiary/aromatic N) is 1. The number of methoxy groups -OCH3 is 1. The van der Waals surface area contributed by atoms with Crippen LogP contribution in [0.25, 0.3) is 0 Å². The fraction of sp³-hybridized carbons (Fsp3) is 0.611. The number of sulfonamides is 1. The van der Waals surface area contributed by atoms with Crippen LogP contribution in [0.4, 0.5) is 0 Å². The zero-order valence-electron chi connectivity index (χ0n) is 15.2. The molecule has 0 bridgehead atoms. The Morgan fingerprint density at radius 3 is 2.73 bits per heavy atom. The maximum Gasteiger partial charge on any atom is 0.251 e. The highest BCUT2D eigenvalue weighted by atomic mass is 32.2. The average Bonchev–Trinajstić information content (AvgIpc) is 3.22. The van der Waals surface area contributed by atoms with Gasteiger partial charge in [-0.1, -0.05) is 0 Å². The van der Waals surface area contributed by atoms with E-state index in [-0.39, 0.29) is 16.6 Å². The van der Waals surface area contributed by atoms with Gasteiger partial charge in [0, 0.05) is 25.2 Å². The predicted octanol–water partition coefficient (Wildman–Crippen LogP) is 1.21. The fourth-order valence-electron chi connectivity index (χ4n) is 3.52. The Balaban J connectivity index is 1.77. The third kappa shape index (κ3) is 4.19. The lowest BCUT2D eigenvalue weighted by molar-refractivity contribution is 0.0944. The standard InChI is InChI=1S/C18H27N3O4S/c1-25-16-7-6-15(18(22)20-13-14-5-4-8-19-12-14)11-17(16)26(23,24)21-9-2-3-10-21/h6-7,11,14,19H,2-5,8-10,12-13H2,1H3,(H,20,22). The van der Waals surface area contributed by atoms with E-state index in [1.165, 1.54) is 17.5 Å². The Morgan fingerprint density at radius 2 is 2.08 bits per heavy atom. The van der Waals surface area contributed by atoms with Gasteiger partial charge in [-0.2, -0.15) is 4.31 Å². The van der Waals surface area contributed by atoms with Gasteiger partial charge in [-0.15, -0.1) is 0 Å². The van der Waals surface area contributed by atoms with Crippen molar-refractivity contribution < 1.29 is 17.9 Å². The number of nitrogens with one attached hydrogen (secondary N) is 2. The number of benzene rings is 1. The summed E-state index contributed by atoms with van der Waals surface area (Å²) in [6.07, 6.45) is 3.92. The third-order valence-corrected chi connectivity index (χ3v) is 6.98. The molecule has 2 heterocycles. The summed E-state index contributed by atoms with van der Waals surface area (Å²) in [7, 11) is -2.22. The van der Waals surface area contributed by atoms with E-state index in [9.17, 15) is 13.2 Å². The SMILES string of the molecule is COc1ccc(C(=O)NCC2CCCNC2)cc1S(=O)(=O)N1CCCC1. The third-order valence-electron chi connectivity index (χ3n) is 5.06. The van der Waals surface area contributed by atoms with Crippen LogP contribution in [0.2, 0.25) is 0 Å². The first-order valence-electron chi connectivity index (χ1n) is 9.19. The van der Waals surface area contributed by atoms with E-state index < -0.39 is 10.0 Å². The van der Waals surface area contributed by atoms with Gasteiger partial charge in [-0.3, -0.25) is 4.79 Å². The highest BCUT2D eigenvalue weighted by Gasteiger charge is 2.30. The zero-order valence-corrected chi connectivity index (χ0v) is 16.0. The molecule has 1 unspecified atom stereocenters. The number of rotatable bonds is 6. The van der Waals surface area contributed by atoms with Crippen molar-refractivity contribution in [3.63, 3.8) is 0 Å². The average molecular weight is 381 g/mol. The Bertz CT molecular complexity index is 739. The Kier molecular flexibility index (Phi) is 6.16. The molecule has 2 aliphatic rings. The second-order valence-corrected chi connectivity index (χ2v) is 8.81. The van der Waals surface area contributed by atoms with E-state index in [1.807, 2.05) is 0 Å². The molecule has 0 spiro atoms. The van der Waals surface area contributed by atoms with Gasteiger partial charge in [-0.25, -0.2) is 8.42 Å². The molecule has 1 aromatic rings. The van der Waals surface area contributed by atoms with Gasteiger partial charge in [-0.05, 0) is 62.9 Å². The minimum absolute atomic E-state index is 0.0638. The molecule has 0 saturated carbocycles. The van der Waals surface area contributed by atoms with Crippen molar-refractivity contribution in [2.75, 3.05) is 39.8 Å². The highest BCUT2D eigenvalue weighted by Crippen LogP contribution is 2.29. The van der Waals surface area contributed by atoms with E-state index in [1.54, 1.807) is 12.1 Å². The van der Waals surface area contributed by atoms with Crippen LogP contribution in [0.1, 0.15) is 36.0 Å². The summed E-state index contributed by atoms with van der Waals surface area (Å²) in [5.41, 5.74) is 0.340. The molecule has 1 amide bonds. The second kappa shape index (κ2) is 8.37. The molecule has 8 heteroatoms. The van der Waals surface area contributed by atoms with Crippen molar-refractivity contribution in [2.45, 2.75) is 30.6 Å². The monoisotopic (exact) mass is 381 g/mol. The van der Waals surface area contributed by atoms with Crippen molar-refractivity contribution in [3.8, 4) is 5.75 Å². The van der Waals surface area contributed by atoms with Crippen molar-refractivity contribution in [3.05, 3.63) is 23.8 Å². The molecule has 1 atom stereocenters. The molecule has 3 rings (SSSR count). The van der Waals surface area contributed by atoms with Gasteiger partial charge in [0.1, 0.15) is 10.6 Å². The minimum Gasteiger partial charge on any atom is -0.495 e. The Morgan fingerprint density at radius 1 is 1.31 bits per heavy atom. The van der Waals surface area contributed by atoms with Crippen molar-refractivity contribution in [1.29, 1.82) is 0 Å². The van der Waals surface area contributed by atoms with E-state index in [0.29, 0.717) is 31.1 Å². The number of hydrogen-bond donors (Lipinski definition) is 2. The Hall–Kier alpha value is -1.64. The number of ether oxygens (including phenoxy) is 1. The molecule has 1 aromatic carbocycles. The fourth-order valence-corrected chi connectivity index (χ4v) is 5.22. The van der Waals surface area contributed by atoms with Gasteiger partial charge in [0.25, 0.3) is 5.91 Å². The molecule has 26 heavy (non-hydrogen) atoms. The number of hydrogen-bond acceptors (Lipinski definition) is 5. The molecule has 2 fully saturated rings. The second-order valence-electron chi connectivity index (χ2n) is 6.90. The molecule has 2 aliphatic heterocycles. The summed E-state index contributed by atoms with van der Waals surface area (Å²) in [5, 5.41) is 6.25. The van der Waals surface area contributed by atoms with E-state index in [0.717, 1.165) is 38.8 Å². The number of carbonyl (C=O) groups is 1. The number of carbonyl (C=O) groups excluding carboxylic acids is 1. The van der Waals surface area contributed by atoms with Gasteiger partial charge < -0.3 is 15.4 Å². The predicted molar refractivity (Wildman–Crippen MR) is 98.9 cm³/mol. The van der Waals surface area contributed by atoms with Crippen LogP contribution < -0.4 is 15.4 Å². The molecule has 0 aliphatic carbocycles. The van der Waals surface area contributed by atoms with Gasteiger partial charge in [0.2, 0.25) is 10.0 Å². The van der Waals surface area contributed by atoms with Crippen LogP contribution in [-0.2, 0) is 10.0 Å². The van der Waals surface area contributed by atoms with Crippen LogP contribution in [0.3, 0.4) is 0 Å². The summed E-state index contributed by atoms with van der Waals surface area (Å²) in [5.74, 6) is 0.430. The first-order valence-corrected chi connectivity index (χ1v) is 10.6. The largest absolute Gasteiger partial charge is 0.495 e. The maximum absolute atomic E-state index is 12.9. The lowest BCUT2D eigenvalue weighted by Gasteiger charge is -2.23. The maximum atomic E-state index is 12.9. The topological polar surface area (TPSA) is 87.7 Å². The van der Waals surface area contributed by atoms with Crippen LogP contribution >= 0.6 is 0 Å². The van der Waals surface area contributed by atoms with E-state index in [2.05, 4.69) is 10.6 Å². The van der Waals surface area contributed by atoms with Crippen LogP contribution in [0, 0.1) is 5.92 Å². The Labute approximate surface area is 155 Å². The molecule has 2 N–H and O–H groups in total. The minimum atomic E-state index is -3.65. The summed E-state index contributed by atoms with van der Waals surface area (Å²) >= 11 is 0.